The standard InChI is InChI=1S/C27H19N3/c1-17-8-12-25-22(14-17)23-15-18(28-2)9-13-26(23)30(25)19-10-11-21-20-6-4-5-7-24(20)29(3)27(21)16-19/h4-16H,1,3H3. The van der Waals surface area contributed by atoms with Crippen LogP contribution in [0, 0.1) is 13.5 Å². The van der Waals surface area contributed by atoms with Crippen LogP contribution in [0.4, 0.5) is 5.69 Å². The van der Waals surface area contributed by atoms with Gasteiger partial charge >= 0.3 is 0 Å². The Labute approximate surface area is 174 Å². The maximum Gasteiger partial charge on any atom is 0.188 e. The van der Waals surface area contributed by atoms with Crippen LogP contribution in [0.3, 0.4) is 0 Å². The fraction of sp³-hybridized carbons (Fsp3) is 0.0741. The average molecular weight is 385 g/mol. The summed E-state index contributed by atoms with van der Waals surface area (Å²) in [6.45, 7) is 9.54. The topological polar surface area (TPSA) is 14.2 Å². The molecule has 0 fully saturated rings. The molecule has 0 aliphatic heterocycles. The molecule has 0 aliphatic rings. The first-order valence-corrected chi connectivity index (χ1v) is 10.1. The Morgan fingerprint density at radius 2 is 1.40 bits per heavy atom. The fourth-order valence-electron chi connectivity index (χ4n) is 4.76. The molecule has 142 valence electrons. The van der Waals surface area contributed by atoms with Crippen LogP contribution < -0.4 is 0 Å². The predicted octanol–water partition coefficient (Wildman–Crippen LogP) is 7.29. The first-order valence-electron chi connectivity index (χ1n) is 10.1. The van der Waals surface area contributed by atoms with E-state index in [1.54, 1.807) is 0 Å². The average Bonchev–Trinajstić information content (AvgIpc) is 3.25. The number of hydrogen-bond donors (Lipinski definition) is 0. The SMILES string of the molecule is [C-]#[N+]c1ccc2c(c1)c1cc(C)ccc1n2-c1ccc2c3ccccc3n(C)c2c1. The van der Waals surface area contributed by atoms with E-state index in [4.69, 9.17) is 6.57 Å². The molecule has 6 rings (SSSR count). The van der Waals surface area contributed by atoms with E-state index in [-0.39, 0.29) is 0 Å². The fourth-order valence-corrected chi connectivity index (χ4v) is 4.76. The molecule has 0 unspecified atom stereocenters. The molecule has 2 heterocycles. The minimum Gasteiger partial charge on any atom is -0.344 e. The second-order valence-electron chi connectivity index (χ2n) is 7.95. The molecule has 0 aliphatic carbocycles. The Balaban J connectivity index is 1.74. The van der Waals surface area contributed by atoms with Gasteiger partial charge in [0.2, 0.25) is 0 Å². The molecular weight excluding hydrogens is 366 g/mol. The zero-order valence-corrected chi connectivity index (χ0v) is 16.8. The van der Waals surface area contributed by atoms with Crippen molar-refractivity contribution in [1.29, 1.82) is 0 Å². The van der Waals surface area contributed by atoms with E-state index in [9.17, 15) is 0 Å². The van der Waals surface area contributed by atoms with Crippen molar-refractivity contribution in [3.63, 3.8) is 0 Å². The Morgan fingerprint density at radius 1 is 0.667 bits per heavy atom. The van der Waals surface area contributed by atoms with Gasteiger partial charge in [0.15, 0.2) is 5.69 Å². The Morgan fingerprint density at radius 3 is 2.23 bits per heavy atom. The van der Waals surface area contributed by atoms with E-state index in [1.165, 1.54) is 32.8 Å². The summed E-state index contributed by atoms with van der Waals surface area (Å²) in [7, 11) is 2.13. The maximum atomic E-state index is 7.42. The Bertz CT molecular complexity index is 1670. The molecule has 3 heteroatoms. The van der Waals surface area contributed by atoms with Gasteiger partial charge in [-0.2, -0.15) is 0 Å². The van der Waals surface area contributed by atoms with Crippen LogP contribution in [0.1, 0.15) is 5.56 Å². The number of aryl methyl sites for hydroxylation is 2. The molecule has 3 nitrogen and oxygen atoms in total. The van der Waals surface area contributed by atoms with Gasteiger partial charge in [-0.05, 0) is 54.8 Å². The van der Waals surface area contributed by atoms with Crippen molar-refractivity contribution in [2.45, 2.75) is 6.92 Å². The molecule has 0 saturated carbocycles. The van der Waals surface area contributed by atoms with E-state index in [0.717, 1.165) is 22.1 Å². The van der Waals surface area contributed by atoms with Crippen molar-refractivity contribution < 1.29 is 0 Å². The molecule has 0 saturated heterocycles. The van der Waals surface area contributed by atoms with Crippen LogP contribution >= 0.6 is 0 Å². The van der Waals surface area contributed by atoms with Crippen LogP contribution in [0.25, 0.3) is 54.1 Å². The van der Waals surface area contributed by atoms with E-state index >= 15 is 0 Å². The predicted molar refractivity (Wildman–Crippen MR) is 126 cm³/mol. The normalized spacial score (nSPS) is 11.6. The van der Waals surface area contributed by atoms with Gasteiger partial charge in [0.25, 0.3) is 0 Å². The van der Waals surface area contributed by atoms with Crippen molar-refractivity contribution in [3.8, 4) is 5.69 Å². The first kappa shape index (κ1) is 16.9. The number of rotatable bonds is 1. The molecule has 0 spiro atoms. The third-order valence-corrected chi connectivity index (χ3v) is 6.19. The molecule has 0 N–H and O–H groups in total. The monoisotopic (exact) mass is 385 g/mol. The lowest BCUT2D eigenvalue weighted by molar-refractivity contribution is 1.01. The van der Waals surface area contributed by atoms with Gasteiger partial charge < -0.3 is 9.13 Å². The van der Waals surface area contributed by atoms with Crippen LogP contribution in [-0.2, 0) is 7.05 Å². The van der Waals surface area contributed by atoms with E-state index in [0.29, 0.717) is 5.69 Å². The lowest BCUT2D eigenvalue weighted by Gasteiger charge is -2.09. The highest BCUT2D eigenvalue weighted by Gasteiger charge is 2.15. The van der Waals surface area contributed by atoms with Crippen molar-refractivity contribution in [2.24, 2.45) is 7.05 Å². The van der Waals surface area contributed by atoms with Gasteiger partial charge in [0.1, 0.15) is 0 Å². The summed E-state index contributed by atoms with van der Waals surface area (Å²) in [4.78, 5) is 3.65. The summed E-state index contributed by atoms with van der Waals surface area (Å²) in [5, 5.41) is 4.86. The molecule has 0 bridgehead atoms. The summed E-state index contributed by atoms with van der Waals surface area (Å²) in [5.41, 5.74) is 7.77. The van der Waals surface area contributed by atoms with Gasteiger partial charge in [-0.3, -0.25) is 0 Å². The zero-order valence-electron chi connectivity index (χ0n) is 16.8. The third kappa shape index (κ3) is 2.19. The van der Waals surface area contributed by atoms with E-state index < -0.39 is 0 Å². The molecule has 4 aromatic carbocycles. The number of nitrogens with zero attached hydrogens (tertiary/aromatic N) is 3. The van der Waals surface area contributed by atoms with Gasteiger partial charge in [0.05, 0.1) is 23.1 Å². The summed E-state index contributed by atoms with van der Waals surface area (Å²) in [5.74, 6) is 0. The number of para-hydroxylation sites is 1. The molecule has 2 aromatic heterocycles. The Hall–Kier alpha value is -4.03. The highest BCUT2D eigenvalue weighted by molar-refractivity contribution is 6.12. The molecule has 0 atom stereocenters. The van der Waals surface area contributed by atoms with E-state index in [1.807, 2.05) is 12.1 Å². The molecular formula is C27H19N3. The highest BCUT2D eigenvalue weighted by atomic mass is 15.0. The largest absolute Gasteiger partial charge is 0.344 e. The maximum absolute atomic E-state index is 7.42. The van der Waals surface area contributed by atoms with Crippen LogP contribution in [0.15, 0.2) is 78.9 Å². The van der Waals surface area contributed by atoms with Crippen LogP contribution in [0.5, 0.6) is 0 Å². The van der Waals surface area contributed by atoms with Crippen molar-refractivity contribution in [3.05, 3.63) is 95.8 Å². The lowest BCUT2D eigenvalue weighted by atomic mass is 10.1. The summed E-state index contributed by atoms with van der Waals surface area (Å²) in [6, 6.07) is 27.8. The lowest BCUT2D eigenvalue weighted by Crippen LogP contribution is -1.95. The Kier molecular flexibility index (Phi) is 3.37. The summed E-state index contributed by atoms with van der Waals surface area (Å²) < 4.78 is 4.58. The minimum absolute atomic E-state index is 0.673. The molecule has 0 radical (unpaired) electrons. The molecule has 6 aromatic rings. The van der Waals surface area contributed by atoms with Gasteiger partial charge in [-0.15, -0.1) is 0 Å². The summed E-state index contributed by atoms with van der Waals surface area (Å²) in [6.07, 6.45) is 0. The highest BCUT2D eigenvalue weighted by Crippen LogP contribution is 2.36. The quantitative estimate of drug-likeness (QED) is 0.264. The molecule has 0 amide bonds. The molecule has 30 heavy (non-hydrogen) atoms. The summed E-state index contributed by atoms with van der Waals surface area (Å²) >= 11 is 0. The van der Waals surface area contributed by atoms with Crippen molar-refractivity contribution in [2.75, 3.05) is 0 Å². The second-order valence-corrected chi connectivity index (χ2v) is 7.95. The van der Waals surface area contributed by atoms with E-state index in [2.05, 4.69) is 94.7 Å². The van der Waals surface area contributed by atoms with Gasteiger partial charge in [-0.25, -0.2) is 4.85 Å². The van der Waals surface area contributed by atoms with Gasteiger partial charge in [0, 0.05) is 34.4 Å². The minimum atomic E-state index is 0.673. The smallest absolute Gasteiger partial charge is 0.188 e. The third-order valence-electron chi connectivity index (χ3n) is 6.19. The van der Waals surface area contributed by atoms with Crippen LogP contribution in [0.2, 0.25) is 0 Å². The van der Waals surface area contributed by atoms with Gasteiger partial charge in [-0.1, -0.05) is 42.0 Å². The number of benzene rings is 4. The first-order chi connectivity index (χ1) is 14.7. The van der Waals surface area contributed by atoms with Crippen LogP contribution in [-0.4, -0.2) is 9.13 Å². The number of fused-ring (bicyclic) bond motifs is 6. The van der Waals surface area contributed by atoms with Crippen molar-refractivity contribution in [1.82, 2.24) is 9.13 Å². The number of aromatic nitrogens is 2. The van der Waals surface area contributed by atoms with Crippen molar-refractivity contribution >= 4 is 49.3 Å². The number of hydrogen-bond acceptors (Lipinski definition) is 0. The second kappa shape index (κ2) is 5.98. The zero-order chi connectivity index (χ0) is 20.4.